The van der Waals surface area contributed by atoms with Crippen molar-refractivity contribution >= 4 is 12.2 Å². The van der Waals surface area contributed by atoms with E-state index in [4.69, 9.17) is 17.0 Å². The minimum absolute atomic E-state index is 0.446. The van der Waals surface area contributed by atoms with Crippen LogP contribution in [0.4, 0.5) is 0 Å². The largest absolute Gasteiger partial charge is 0.381 e. The molecule has 1 aromatic heterocycles. The Morgan fingerprint density at radius 3 is 3.13 bits per heavy atom. The lowest BCUT2D eigenvalue weighted by atomic mass is 10.0. The normalized spacial score (nSPS) is 23.2. The number of nitrogens with zero attached hydrogens (tertiary/aromatic N) is 1. The molecule has 2 atom stereocenters. The monoisotopic (exact) mass is 226 g/mol. The number of aryl methyl sites for hydroxylation is 1. The summed E-state index contributed by atoms with van der Waals surface area (Å²) < 4.78 is 8.52. The number of aromatic amines is 1. The maximum absolute atomic E-state index is 5.43. The summed E-state index contributed by atoms with van der Waals surface area (Å²) in [6, 6.07) is 0.446. The van der Waals surface area contributed by atoms with Gasteiger partial charge in [-0.05, 0) is 32.0 Å². The van der Waals surface area contributed by atoms with Crippen molar-refractivity contribution in [1.29, 1.82) is 0 Å². The highest BCUT2D eigenvalue weighted by Gasteiger charge is 2.24. The molecule has 0 saturated carbocycles. The molecule has 4 heteroatoms. The molecule has 1 aliphatic heterocycles. The van der Waals surface area contributed by atoms with Crippen LogP contribution in [0.25, 0.3) is 0 Å². The molecule has 1 aromatic rings. The van der Waals surface area contributed by atoms with Crippen molar-refractivity contribution < 1.29 is 4.74 Å². The summed E-state index contributed by atoms with van der Waals surface area (Å²) in [5.74, 6) is 0.609. The summed E-state index contributed by atoms with van der Waals surface area (Å²) in [4.78, 5) is 3.13. The third-order valence-electron chi connectivity index (χ3n) is 3.31. The van der Waals surface area contributed by atoms with Gasteiger partial charge in [-0.15, -0.1) is 0 Å². The first kappa shape index (κ1) is 10.9. The number of nitrogens with one attached hydrogen (secondary N) is 1. The summed E-state index contributed by atoms with van der Waals surface area (Å²) in [7, 11) is 0. The highest BCUT2D eigenvalue weighted by molar-refractivity contribution is 7.71. The first-order chi connectivity index (χ1) is 7.24. The molecule has 15 heavy (non-hydrogen) atoms. The van der Waals surface area contributed by atoms with Crippen molar-refractivity contribution in [2.24, 2.45) is 5.92 Å². The van der Waals surface area contributed by atoms with E-state index < -0.39 is 0 Å². The van der Waals surface area contributed by atoms with Crippen LogP contribution in [0.5, 0.6) is 0 Å². The van der Waals surface area contributed by atoms with E-state index in [1.807, 2.05) is 6.20 Å². The van der Waals surface area contributed by atoms with Crippen molar-refractivity contribution in [2.75, 3.05) is 13.2 Å². The van der Waals surface area contributed by atoms with Crippen LogP contribution in [0.15, 0.2) is 6.20 Å². The Kier molecular flexibility index (Phi) is 3.26. The average Bonchev–Trinajstić information content (AvgIpc) is 2.85. The van der Waals surface area contributed by atoms with Crippen molar-refractivity contribution in [3.05, 3.63) is 16.7 Å². The molecule has 0 spiro atoms. The van der Waals surface area contributed by atoms with Crippen LogP contribution >= 0.6 is 12.2 Å². The number of ether oxygens (including phenoxy) is 1. The maximum atomic E-state index is 5.43. The lowest BCUT2D eigenvalue weighted by Crippen LogP contribution is -2.18. The Morgan fingerprint density at radius 2 is 2.53 bits per heavy atom. The minimum Gasteiger partial charge on any atom is -0.381 e. The number of hydrogen-bond donors (Lipinski definition) is 1. The van der Waals surface area contributed by atoms with Gasteiger partial charge in [0.2, 0.25) is 0 Å². The topological polar surface area (TPSA) is 29.9 Å². The van der Waals surface area contributed by atoms with Gasteiger partial charge in [0, 0.05) is 30.5 Å². The Labute approximate surface area is 95.5 Å². The first-order valence-corrected chi connectivity index (χ1v) is 6.01. The zero-order valence-electron chi connectivity index (χ0n) is 9.32. The van der Waals surface area contributed by atoms with Crippen LogP contribution in [0.2, 0.25) is 0 Å². The van der Waals surface area contributed by atoms with Gasteiger partial charge in [-0.1, -0.05) is 6.92 Å². The number of aromatic nitrogens is 2. The molecule has 2 unspecified atom stereocenters. The zero-order valence-corrected chi connectivity index (χ0v) is 10.1. The van der Waals surface area contributed by atoms with Gasteiger partial charge >= 0.3 is 0 Å². The molecule has 0 bridgehead atoms. The van der Waals surface area contributed by atoms with E-state index >= 15 is 0 Å². The van der Waals surface area contributed by atoms with Gasteiger partial charge in [0.1, 0.15) is 0 Å². The van der Waals surface area contributed by atoms with Crippen LogP contribution in [0.3, 0.4) is 0 Å². The van der Waals surface area contributed by atoms with E-state index in [-0.39, 0.29) is 0 Å². The van der Waals surface area contributed by atoms with E-state index in [1.54, 1.807) is 0 Å². The summed E-state index contributed by atoms with van der Waals surface area (Å²) >= 11 is 5.32. The fraction of sp³-hybridized carbons (Fsp3) is 0.727. The Morgan fingerprint density at radius 1 is 1.73 bits per heavy atom. The van der Waals surface area contributed by atoms with Gasteiger partial charge in [0.25, 0.3) is 0 Å². The van der Waals surface area contributed by atoms with Crippen LogP contribution < -0.4 is 0 Å². The molecule has 1 N–H and O–H groups in total. The minimum atomic E-state index is 0.446. The van der Waals surface area contributed by atoms with Crippen molar-refractivity contribution in [1.82, 2.24) is 9.55 Å². The quantitative estimate of drug-likeness (QED) is 0.803. The molecule has 0 amide bonds. The smallest absolute Gasteiger partial charge is 0.177 e. The molecular formula is C11H18N2OS. The molecule has 0 aromatic carbocycles. The Hall–Kier alpha value is -0.610. The lowest BCUT2D eigenvalue weighted by Gasteiger charge is -2.21. The Bertz CT molecular complexity index is 376. The first-order valence-electron chi connectivity index (χ1n) is 5.60. The third kappa shape index (κ3) is 2.01. The average molecular weight is 226 g/mol. The molecule has 1 saturated heterocycles. The second kappa shape index (κ2) is 4.49. The van der Waals surface area contributed by atoms with Gasteiger partial charge in [-0.3, -0.25) is 0 Å². The van der Waals surface area contributed by atoms with E-state index in [0.717, 1.165) is 30.8 Å². The highest BCUT2D eigenvalue weighted by atomic mass is 32.1. The van der Waals surface area contributed by atoms with E-state index in [0.29, 0.717) is 12.0 Å². The van der Waals surface area contributed by atoms with Gasteiger partial charge in [0.15, 0.2) is 4.77 Å². The third-order valence-corrected chi connectivity index (χ3v) is 3.62. The molecule has 1 aliphatic rings. The fourth-order valence-electron chi connectivity index (χ4n) is 2.28. The fourth-order valence-corrected chi connectivity index (χ4v) is 2.62. The number of imidazole rings is 1. The predicted octanol–water partition coefficient (Wildman–Crippen LogP) is 2.71. The molecule has 1 fully saturated rings. The van der Waals surface area contributed by atoms with Crippen LogP contribution in [-0.4, -0.2) is 22.8 Å². The zero-order chi connectivity index (χ0) is 10.8. The number of H-pyrrole nitrogens is 1. The van der Waals surface area contributed by atoms with Crippen molar-refractivity contribution in [2.45, 2.75) is 32.7 Å². The van der Waals surface area contributed by atoms with E-state index in [9.17, 15) is 0 Å². The molecule has 84 valence electrons. The molecule has 2 rings (SSSR count). The molecule has 0 aliphatic carbocycles. The number of hydrogen-bond acceptors (Lipinski definition) is 2. The number of rotatable bonds is 3. The van der Waals surface area contributed by atoms with Gasteiger partial charge in [-0.25, -0.2) is 0 Å². The van der Waals surface area contributed by atoms with Crippen LogP contribution in [-0.2, 0) is 11.2 Å². The SMILES string of the molecule is CCc1c[nH]c(=S)n1C(C)C1CCOC1. The van der Waals surface area contributed by atoms with Crippen LogP contribution in [0, 0.1) is 10.7 Å². The highest BCUT2D eigenvalue weighted by Crippen LogP contribution is 2.27. The summed E-state index contributed by atoms with van der Waals surface area (Å²) in [5, 5.41) is 0. The summed E-state index contributed by atoms with van der Waals surface area (Å²) in [6.45, 7) is 6.17. The van der Waals surface area contributed by atoms with Crippen molar-refractivity contribution in [3.8, 4) is 0 Å². The van der Waals surface area contributed by atoms with E-state index in [1.165, 1.54) is 5.69 Å². The van der Waals surface area contributed by atoms with Gasteiger partial charge in [0.05, 0.1) is 6.61 Å². The van der Waals surface area contributed by atoms with Crippen molar-refractivity contribution in [3.63, 3.8) is 0 Å². The molecule has 3 nitrogen and oxygen atoms in total. The van der Waals surface area contributed by atoms with Crippen LogP contribution in [0.1, 0.15) is 32.0 Å². The molecule has 0 radical (unpaired) electrons. The maximum Gasteiger partial charge on any atom is 0.177 e. The van der Waals surface area contributed by atoms with Gasteiger partial charge in [-0.2, -0.15) is 0 Å². The lowest BCUT2D eigenvalue weighted by molar-refractivity contribution is 0.174. The molecular weight excluding hydrogens is 208 g/mol. The predicted molar refractivity (Wildman–Crippen MR) is 62.6 cm³/mol. The second-order valence-corrected chi connectivity index (χ2v) is 4.56. The van der Waals surface area contributed by atoms with Gasteiger partial charge < -0.3 is 14.3 Å². The van der Waals surface area contributed by atoms with E-state index in [2.05, 4.69) is 23.4 Å². The summed E-state index contributed by atoms with van der Waals surface area (Å²) in [6.07, 6.45) is 4.19. The summed E-state index contributed by atoms with van der Waals surface area (Å²) in [5.41, 5.74) is 1.29. The Balaban J connectivity index is 2.26. The standard InChI is InChI=1S/C11H18N2OS/c1-3-10-6-12-11(15)13(10)8(2)9-4-5-14-7-9/h6,8-9H,3-5,7H2,1-2H3,(H,12,15). The molecule has 2 heterocycles. The second-order valence-electron chi connectivity index (χ2n) is 4.17.